The predicted molar refractivity (Wildman–Crippen MR) is 71.6 cm³/mol. The predicted octanol–water partition coefficient (Wildman–Crippen LogP) is -1.89. The van der Waals surface area contributed by atoms with Crippen molar-refractivity contribution in [3.05, 3.63) is 32.6 Å². The molecule has 21 heavy (non-hydrogen) atoms. The van der Waals surface area contributed by atoms with Gasteiger partial charge in [0.25, 0.3) is 5.56 Å². The first-order valence-corrected chi connectivity index (χ1v) is 6.31. The minimum absolute atomic E-state index is 0.0865. The number of aromatic amines is 1. The monoisotopic (exact) mass is 296 g/mol. The number of rotatable bonds is 4. The number of aliphatic hydroxyl groups excluding tert-OH is 2. The maximum absolute atomic E-state index is 11.9. The number of aliphatic hydroxyl groups is 2. The molecule has 4 atom stereocenters. The Morgan fingerprint density at radius 3 is 2.90 bits per heavy atom. The van der Waals surface area contributed by atoms with Gasteiger partial charge in [0.05, 0.1) is 6.61 Å². The van der Waals surface area contributed by atoms with Gasteiger partial charge in [-0.05, 0) is 6.92 Å². The van der Waals surface area contributed by atoms with E-state index in [0.29, 0.717) is 5.56 Å². The van der Waals surface area contributed by atoms with Gasteiger partial charge in [0.15, 0.2) is 6.23 Å². The van der Waals surface area contributed by atoms with E-state index in [9.17, 15) is 19.8 Å². The van der Waals surface area contributed by atoms with Gasteiger partial charge in [0, 0.05) is 11.8 Å². The van der Waals surface area contributed by atoms with Gasteiger partial charge >= 0.3 is 5.69 Å². The first-order chi connectivity index (χ1) is 9.99. The van der Waals surface area contributed by atoms with Crippen molar-refractivity contribution in [2.75, 3.05) is 13.2 Å². The third kappa shape index (κ3) is 2.91. The molecule has 114 valence electrons. The summed E-state index contributed by atoms with van der Waals surface area (Å²) in [7, 11) is 0. The second-order valence-corrected chi connectivity index (χ2v) is 4.70. The fraction of sp³-hybridized carbons (Fsp3) is 0.538. The quantitative estimate of drug-likeness (QED) is 0.560. The van der Waals surface area contributed by atoms with Gasteiger partial charge < -0.3 is 19.7 Å². The molecule has 2 unspecified atom stereocenters. The van der Waals surface area contributed by atoms with Crippen molar-refractivity contribution >= 4 is 0 Å². The number of hydrogen-bond donors (Lipinski definition) is 3. The van der Waals surface area contributed by atoms with Gasteiger partial charge in [-0.1, -0.05) is 5.92 Å². The summed E-state index contributed by atoms with van der Waals surface area (Å²) in [5.41, 5.74) is -0.902. The molecule has 2 rings (SSSR count). The smallest absolute Gasteiger partial charge is 0.330 e. The number of nitrogens with zero attached hydrogens (tertiary/aromatic N) is 1. The van der Waals surface area contributed by atoms with E-state index in [4.69, 9.17) is 15.9 Å². The molecule has 0 aliphatic carbocycles. The van der Waals surface area contributed by atoms with Gasteiger partial charge in [0.1, 0.15) is 24.9 Å². The summed E-state index contributed by atoms with van der Waals surface area (Å²) in [6.45, 7) is 1.00. The Balaban J connectivity index is 2.40. The lowest BCUT2D eigenvalue weighted by molar-refractivity contribution is -0.0678. The summed E-state index contributed by atoms with van der Waals surface area (Å²) in [4.78, 5) is 25.4. The molecule has 0 radical (unpaired) electrons. The third-order valence-electron chi connectivity index (χ3n) is 3.27. The topological polar surface area (TPSA) is 114 Å². The first-order valence-electron chi connectivity index (χ1n) is 6.31. The van der Waals surface area contributed by atoms with Crippen LogP contribution in [0.5, 0.6) is 0 Å². The number of nitrogens with one attached hydrogen (secondary N) is 1. The largest absolute Gasteiger partial charge is 0.394 e. The van der Waals surface area contributed by atoms with E-state index in [0.717, 1.165) is 4.57 Å². The molecule has 0 spiro atoms. The number of aromatic nitrogens is 2. The highest BCUT2D eigenvalue weighted by Gasteiger charge is 2.45. The van der Waals surface area contributed by atoms with Crippen molar-refractivity contribution in [1.82, 2.24) is 9.55 Å². The Kier molecular flexibility index (Phi) is 4.59. The van der Waals surface area contributed by atoms with Crippen molar-refractivity contribution in [3.63, 3.8) is 0 Å². The second-order valence-electron chi connectivity index (χ2n) is 4.70. The van der Waals surface area contributed by atoms with Gasteiger partial charge in [0.2, 0.25) is 0 Å². The molecule has 0 saturated carbocycles. The molecule has 1 aromatic heterocycles. The van der Waals surface area contributed by atoms with Crippen LogP contribution in [0.3, 0.4) is 0 Å². The molecule has 0 aromatic carbocycles. The molecule has 1 aliphatic rings. The Morgan fingerprint density at radius 2 is 2.29 bits per heavy atom. The number of hydrogen-bond acceptors (Lipinski definition) is 6. The zero-order valence-electron chi connectivity index (χ0n) is 11.4. The van der Waals surface area contributed by atoms with Crippen molar-refractivity contribution < 1.29 is 19.7 Å². The molecule has 1 fully saturated rings. The molecule has 1 aromatic rings. The van der Waals surface area contributed by atoms with Crippen LogP contribution in [-0.4, -0.2) is 51.3 Å². The summed E-state index contributed by atoms with van der Waals surface area (Å²) in [6, 6.07) is 0. The van der Waals surface area contributed by atoms with Gasteiger partial charge in [-0.2, -0.15) is 0 Å². The lowest BCUT2D eigenvalue weighted by Gasteiger charge is -2.21. The van der Waals surface area contributed by atoms with Crippen LogP contribution in [0.4, 0.5) is 0 Å². The molecule has 8 nitrogen and oxygen atoms in total. The third-order valence-corrected chi connectivity index (χ3v) is 3.27. The number of aryl methyl sites for hydroxylation is 1. The van der Waals surface area contributed by atoms with Crippen LogP contribution in [0.25, 0.3) is 0 Å². The first kappa shape index (κ1) is 15.5. The Bertz CT molecular complexity index is 658. The van der Waals surface area contributed by atoms with Gasteiger partial charge in [-0.25, -0.2) is 4.79 Å². The molecule has 0 bridgehead atoms. The average molecular weight is 296 g/mol. The van der Waals surface area contributed by atoms with E-state index in [-0.39, 0.29) is 6.61 Å². The highest BCUT2D eigenvalue weighted by atomic mass is 16.6. The van der Waals surface area contributed by atoms with Crippen molar-refractivity contribution in [2.45, 2.75) is 31.5 Å². The van der Waals surface area contributed by atoms with Crippen LogP contribution in [0.1, 0.15) is 11.8 Å². The van der Waals surface area contributed by atoms with E-state index in [1.807, 2.05) is 0 Å². The highest BCUT2D eigenvalue weighted by Crippen LogP contribution is 2.30. The lowest BCUT2D eigenvalue weighted by atomic mass is 10.1. The molecule has 0 amide bonds. The minimum Gasteiger partial charge on any atom is -0.394 e. The standard InChI is InChI=1S/C13H16N2O6/c1-3-4-20-10-9(17)8(6-16)21-12(10)15-5-7(2)11(18)14-13(15)19/h1,5,8-10,12,16-17H,4,6H2,2H3,(H,14,18,19)/t8-,9?,10?,12-/m0/s1. The van der Waals surface area contributed by atoms with E-state index >= 15 is 0 Å². The second kappa shape index (κ2) is 6.24. The molecule has 2 heterocycles. The Hall–Kier alpha value is -1.92. The van der Waals surface area contributed by atoms with Crippen LogP contribution in [0, 0.1) is 19.3 Å². The molecule has 1 saturated heterocycles. The van der Waals surface area contributed by atoms with Crippen molar-refractivity contribution in [1.29, 1.82) is 0 Å². The van der Waals surface area contributed by atoms with Crippen LogP contribution in [0.15, 0.2) is 15.8 Å². The average Bonchev–Trinajstić information content (AvgIpc) is 2.77. The van der Waals surface area contributed by atoms with Gasteiger partial charge in [-0.15, -0.1) is 6.42 Å². The molecular weight excluding hydrogens is 280 g/mol. The van der Waals surface area contributed by atoms with E-state index < -0.39 is 42.4 Å². The zero-order chi connectivity index (χ0) is 15.6. The van der Waals surface area contributed by atoms with Crippen molar-refractivity contribution in [2.24, 2.45) is 0 Å². The zero-order valence-corrected chi connectivity index (χ0v) is 11.4. The summed E-state index contributed by atoms with van der Waals surface area (Å²) >= 11 is 0. The number of ether oxygens (including phenoxy) is 2. The fourth-order valence-corrected chi connectivity index (χ4v) is 2.19. The van der Waals surface area contributed by atoms with Crippen LogP contribution >= 0.6 is 0 Å². The summed E-state index contributed by atoms with van der Waals surface area (Å²) in [5.74, 6) is 2.26. The maximum atomic E-state index is 11.9. The minimum atomic E-state index is -1.15. The SMILES string of the molecule is C#CCOC1C(O)[C@H](CO)O[C@@H]1n1cc(C)c(=O)[nH]c1=O. The van der Waals surface area contributed by atoms with Gasteiger partial charge in [-0.3, -0.25) is 14.3 Å². The number of terminal acetylenes is 1. The highest BCUT2D eigenvalue weighted by molar-refractivity contribution is 5.03. The van der Waals surface area contributed by atoms with Crippen LogP contribution in [0.2, 0.25) is 0 Å². The summed E-state index contributed by atoms with van der Waals surface area (Å²) in [6.07, 6.45) is 2.45. The van der Waals surface area contributed by atoms with Crippen molar-refractivity contribution in [3.8, 4) is 12.3 Å². The molecule has 8 heteroatoms. The van der Waals surface area contributed by atoms with Crippen LogP contribution < -0.4 is 11.2 Å². The lowest BCUT2D eigenvalue weighted by Crippen LogP contribution is -2.40. The Morgan fingerprint density at radius 1 is 1.57 bits per heavy atom. The summed E-state index contributed by atoms with van der Waals surface area (Å²) in [5, 5.41) is 19.2. The fourth-order valence-electron chi connectivity index (χ4n) is 2.19. The van der Waals surface area contributed by atoms with Crippen LogP contribution in [-0.2, 0) is 9.47 Å². The molecule has 1 aliphatic heterocycles. The molecule has 3 N–H and O–H groups in total. The maximum Gasteiger partial charge on any atom is 0.330 e. The number of H-pyrrole nitrogens is 1. The summed E-state index contributed by atoms with van der Waals surface area (Å²) < 4.78 is 11.9. The molecular formula is C13H16N2O6. The van der Waals surface area contributed by atoms with E-state index in [1.54, 1.807) is 0 Å². The Labute approximate surface area is 119 Å². The normalized spacial score (nSPS) is 28.5. The van der Waals surface area contributed by atoms with E-state index in [2.05, 4.69) is 10.9 Å². The van der Waals surface area contributed by atoms with E-state index in [1.165, 1.54) is 13.1 Å².